The lowest BCUT2D eigenvalue weighted by Crippen LogP contribution is -2.41. The van der Waals surface area contributed by atoms with E-state index in [0.29, 0.717) is 5.82 Å². The van der Waals surface area contributed by atoms with Crippen molar-refractivity contribution in [2.75, 3.05) is 0 Å². The van der Waals surface area contributed by atoms with E-state index in [1.165, 1.54) is 24.3 Å². The summed E-state index contributed by atoms with van der Waals surface area (Å²) in [6.45, 7) is 0. The van der Waals surface area contributed by atoms with Gasteiger partial charge in [0.15, 0.2) is 0 Å². The second kappa shape index (κ2) is 7.91. The lowest BCUT2D eigenvalue weighted by Gasteiger charge is -2.03. The van der Waals surface area contributed by atoms with E-state index >= 15 is 0 Å². The molecule has 1 heterocycles. The number of hydrogen-bond donors (Lipinski definition) is 3. The third kappa shape index (κ3) is 4.54. The minimum Gasteiger partial charge on any atom is -0.342 e. The van der Waals surface area contributed by atoms with Gasteiger partial charge in [-0.05, 0) is 24.3 Å². The van der Waals surface area contributed by atoms with Gasteiger partial charge in [-0.3, -0.25) is 30.6 Å². The number of aromatic nitrogens is 2. The number of imidazole rings is 1. The molecule has 0 aliphatic heterocycles. The Morgan fingerprint density at radius 3 is 2.63 bits per heavy atom. The number of amides is 2. The van der Waals surface area contributed by atoms with Crippen LogP contribution in [0.3, 0.4) is 0 Å². The molecule has 27 heavy (non-hydrogen) atoms. The Labute approximate surface area is 153 Å². The molecule has 0 fully saturated rings. The number of benzene rings is 2. The van der Waals surface area contributed by atoms with E-state index in [4.69, 9.17) is 0 Å². The van der Waals surface area contributed by atoms with Crippen LogP contribution in [-0.4, -0.2) is 26.7 Å². The van der Waals surface area contributed by atoms with Crippen LogP contribution in [0.15, 0.2) is 54.6 Å². The summed E-state index contributed by atoms with van der Waals surface area (Å²) in [6.07, 6.45) is 2.37. The number of hydrazine groups is 1. The molecular formula is C18H15N5O4. The van der Waals surface area contributed by atoms with Gasteiger partial charge >= 0.3 is 0 Å². The molecule has 2 aromatic carbocycles. The summed E-state index contributed by atoms with van der Waals surface area (Å²) in [5.74, 6) is -0.606. The highest BCUT2D eigenvalue weighted by Crippen LogP contribution is 2.18. The number of aromatic amines is 1. The molecule has 3 N–H and O–H groups in total. The first kappa shape index (κ1) is 17.8. The van der Waals surface area contributed by atoms with E-state index in [1.54, 1.807) is 6.07 Å². The number of rotatable bonds is 5. The van der Waals surface area contributed by atoms with Crippen molar-refractivity contribution in [3.05, 3.63) is 76.1 Å². The second-order valence-electron chi connectivity index (χ2n) is 5.56. The minimum atomic E-state index is -0.619. The second-order valence-corrected chi connectivity index (χ2v) is 5.56. The highest BCUT2D eigenvalue weighted by atomic mass is 16.6. The van der Waals surface area contributed by atoms with Crippen molar-refractivity contribution < 1.29 is 14.5 Å². The fraction of sp³-hybridized carbons (Fsp3) is 0.0556. The monoisotopic (exact) mass is 365 g/mol. The Kier molecular flexibility index (Phi) is 5.22. The number of nitrogens with one attached hydrogen (secondary N) is 3. The van der Waals surface area contributed by atoms with Crippen LogP contribution in [-0.2, 0) is 16.0 Å². The van der Waals surface area contributed by atoms with E-state index in [-0.39, 0.29) is 17.7 Å². The molecule has 0 atom stereocenters. The van der Waals surface area contributed by atoms with E-state index in [1.807, 2.05) is 24.3 Å². The number of hydrogen-bond acceptors (Lipinski definition) is 5. The van der Waals surface area contributed by atoms with Crippen molar-refractivity contribution in [2.24, 2.45) is 0 Å². The Bertz CT molecular complexity index is 1010. The van der Waals surface area contributed by atoms with Crippen molar-refractivity contribution in [2.45, 2.75) is 6.42 Å². The predicted octanol–water partition coefficient (Wildman–Crippen LogP) is 1.87. The smallest absolute Gasteiger partial charge is 0.276 e. The summed E-state index contributed by atoms with van der Waals surface area (Å²) in [5.41, 5.74) is 6.22. The van der Waals surface area contributed by atoms with Gasteiger partial charge in [-0.15, -0.1) is 0 Å². The van der Waals surface area contributed by atoms with Gasteiger partial charge in [0.2, 0.25) is 5.91 Å². The highest BCUT2D eigenvalue weighted by molar-refractivity contribution is 5.93. The third-order valence-electron chi connectivity index (χ3n) is 3.64. The number of nitrogens with zero attached hydrogens (tertiary/aromatic N) is 2. The number of nitro groups is 1. The quantitative estimate of drug-likeness (QED) is 0.361. The fourth-order valence-electron chi connectivity index (χ4n) is 2.42. The van der Waals surface area contributed by atoms with Crippen LogP contribution >= 0.6 is 0 Å². The first-order chi connectivity index (χ1) is 13.0. The Hall–Kier alpha value is -4.01. The van der Waals surface area contributed by atoms with Crippen molar-refractivity contribution in [1.29, 1.82) is 0 Å². The molecule has 9 heteroatoms. The van der Waals surface area contributed by atoms with Gasteiger partial charge in [-0.25, -0.2) is 4.98 Å². The van der Waals surface area contributed by atoms with Crippen LogP contribution < -0.4 is 10.9 Å². The minimum absolute atomic E-state index is 0.0389. The van der Waals surface area contributed by atoms with Crippen LogP contribution in [0.5, 0.6) is 0 Å². The average Bonchev–Trinajstić information content (AvgIpc) is 3.07. The standard InChI is InChI=1S/C18H15N5O4/c24-17(10-9-12-5-1-4-8-15(12)23(26)27)21-22-18(25)11-16-19-13-6-2-3-7-14(13)20-16/h1-10H,11H2,(H,19,20)(H,21,24)(H,22,25)/b10-9+. The van der Waals surface area contributed by atoms with E-state index in [2.05, 4.69) is 20.8 Å². The maximum Gasteiger partial charge on any atom is 0.276 e. The van der Waals surface area contributed by atoms with Crippen LogP contribution in [0.2, 0.25) is 0 Å². The molecule has 0 aliphatic rings. The van der Waals surface area contributed by atoms with Crippen LogP contribution in [0, 0.1) is 10.1 Å². The number of carbonyl (C=O) groups excluding carboxylic acids is 2. The van der Waals surface area contributed by atoms with Gasteiger partial charge in [0.25, 0.3) is 11.6 Å². The highest BCUT2D eigenvalue weighted by Gasteiger charge is 2.11. The molecule has 0 unspecified atom stereocenters. The van der Waals surface area contributed by atoms with E-state index in [0.717, 1.165) is 17.1 Å². The zero-order chi connectivity index (χ0) is 19.2. The molecule has 0 radical (unpaired) electrons. The third-order valence-corrected chi connectivity index (χ3v) is 3.64. The van der Waals surface area contributed by atoms with Crippen LogP contribution in [0.4, 0.5) is 5.69 Å². The molecule has 0 bridgehead atoms. The molecule has 0 aliphatic carbocycles. The summed E-state index contributed by atoms with van der Waals surface area (Å²) < 4.78 is 0. The normalized spacial score (nSPS) is 10.8. The molecule has 0 saturated heterocycles. The SMILES string of the molecule is O=C(/C=C/c1ccccc1[N+](=O)[O-])NNC(=O)Cc1nc2ccccc2[nH]1. The van der Waals surface area contributed by atoms with Gasteiger partial charge in [0, 0.05) is 12.1 Å². The maximum atomic E-state index is 11.9. The first-order valence-electron chi connectivity index (χ1n) is 7.97. The lowest BCUT2D eigenvalue weighted by molar-refractivity contribution is -0.385. The molecule has 9 nitrogen and oxygen atoms in total. The summed E-state index contributed by atoms with van der Waals surface area (Å²) in [4.78, 5) is 41.4. The van der Waals surface area contributed by atoms with E-state index in [9.17, 15) is 19.7 Å². The zero-order valence-corrected chi connectivity index (χ0v) is 14.0. The van der Waals surface area contributed by atoms with Crippen molar-refractivity contribution >= 4 is 34.6 Å². The van der Waals surface area contributed by atoms with Gasteiger partial charge in [-0.2, -0.15) is 0 Å². The number of fused-ring (bicyclic) bond motifs is 1. The lowest BCUT2D eigenvalue weighted by atomic mass is 10.1. The first-order valence-corrected chi connectivity index (χ1v) is 7.97. The number of carbonyl (C=O) groups is 2. The molecule has 0 spiro atoms. The summed E-state index contributed by atoms with van der Waals surface area (Å²) in [5, 5.41) is 10.9. The molecule has 3 aromatic rings. The Balaban J connectivity index is 1.54. The number of para-hydroxylation sites is 3. The molecule has 2 amide bonds. The fourth-order valence-corrected chi connectivity index (χ4v) is 2.42. The topological polar surface area (TPSA) is 130 Å². The number of H-pyrrole nitrogens is 1. The molecule has 3 rings (SSSR count). The molecule has 1 aromatic heterocycles. The van der Waals surface area contributed by atoms with Crippen molar-refractivity contribution in [3.63, 3.8) is 0 Å². The predicted molar refractivity (Wildman–Crippen MR) is 98.2 cm³/mol. The molecule has 136 valence electrons. The average molecular weight is 365 g/mol. The largest absolute Gasteiger partial charge is 0.342 e. The summed E-state index contributed by atoms with van der Waals surface area (Å²) in [7, 11) is 0. The van der Waals surface area contributed by atoms with Gasteiger partial charge in [-0.1, -0.05) is 24.3 Å². The maximum absolute atomic E-state index is 11.9. The van der Waals surface area contributed by atoms with E-state index < -0.39 is 16.7 Å². The van der Waals surface area contributed by atoms with Crippen molar-refractivity contribution in [1.82, 2.24) is 20.8 Å². The van der Waals surface area contributed by atoms with Crippen molar-refractivity contribution in [3.8, 4) is 0 Å². The number of nitro benzene ring substituents is 1. The van der Waals surface area contributed by atoms with Crippen LogP contribution in [0.25, 0.3) is 17.1 Å². The molecular weight excluding hydrogens is 350 g/mol. The molecule has 0 saturated carbocycles. The Morgan fingerprint density at radius 1 is 1.11 bits per heavy atom. The Morgan fingerprint density at radius 2 is 1.85 bits per heavy atom. The van der Waals surface area contributed by atoms with Gasteiger partial charge in [0.1, 0.15) is 5.82 Å². The summed E-state index contributed by atoms with van der Waals surface area (Å²) in [6, 6.07) is 13.4. The zero-order valence-electron chi connectivity index (χ0n) is 14.0. The van der Waals surface area contributed by atoms with Gasteiger partial charge < -0.3 is 4.98 Å². The van der Waals surface area contributed by atoms with Gasteiger partial charge in [0.05, 0.1) is 27.9 Å². The summed E-state index contributed by atoms with van der Waals surface area (Å²) >= 11 is 0. The van der Waals surface area contributed by atoms with Crippen LogP contribution in [0.1, 0.15) is 11.4 Å².